The molecule has 0 saturated heterocycles. The Labute approximate surface area is 80.5 Å². The molecular weight excluding hydrogens is 226 g/mol. The lowest BCUT2D eigenvalue weighted by atomic mass is 10.2. The normalized spacial score (nSPS) is 10.7. The highest BCUT2D eigenvalue weighted by molar-refractivity contribution is 6.67. The third-order valence-electron chi connectivity index (χ3n) is 1.37. The zero-order valence-electron chi connectivity index (χ0n) is 6.40. The molecule has 0 fully saturated rings. The number of hydrogen-bond donors (Lipinski definition) is 0. The molecule has 0 aliphatic carbocycles. The summed E-state index contributed by atoms with van der Waals surface area (Å²) in [7, 11) is 0. The largest absolute Gasteiger partial charge is 0.283 e. The molecular formula is C7H2ClF4NO. The molecule has 1 aromatic rings. The third kappa shape index (κ3) is 2.01. The van der Waals surface area contributed by atoms with Gasteiger partial charge in [-0.2, -0.15) is 4.39 Å². The number of pyridine rings is 1. The van der Waals surface area contributed by atoms with Gasteiger partial charge in [0.15, 0.2) is 5.82 Å². The van der Waals surface area contributed by atoms with Crippen molar-refractivity contribution >= 4 is 16.8 Å². The zero-order chi connectivity index (χ0) is 10.9. The van der Waals surface area contributed by atoms with Gasteiger partial charge in [0.05, 0.1) is 5.56 Å². The molecule has 7 heteroatoms. The molecule has 1 aromatic heterocycles. The second-order valence-corrected chi connectivity index (χ2v) is 2.61. The van der Waals surface area contributed by atoms with Crippen molar-refractivity contribution in [3.05, 3.63) is 29.1 Å². The molecule has 0 saturated carbocycles. The van der Waals surface area contributed by atoms with Crippen molar-refractivity contribution in [3.63, 3.8) is 0 Å². The van der Waals surface area contributed by atoms with E-state index in [4.69, 9.17) is 11.6 Å². The molecule has 76 valence electrons. The van der Waals surface area contributed by atoms with Crippen LogP contribution in [0.5, 0.6) is 0 Å². The topological polar surface area (TPSA) is 30.0 Å². The summed E-state index contributed by atoms with van der Waals surface area (Å²) in [6, 6.07) is 0.358. The van der Waals surface area contributed by atoms with Crippen LogP contribution in [0, 0.1) is 11.8 Å². The van der Waals surface area contributed by atoms with Crippen LogP contribution in [-0.4, -0.2) is 10.2 Å². The summed E-state index contributed by atoms with van der Waals surface area (Å²) in [6.45, 7) is 0. The minimum absolute atomic E-state index is 0.358. The van der Waals surface area contributed by atoms with Crippen LogP contribution in [0.4, 0.5) is 17.6 Å². The number of rotatable bonds is 2. The van der Waals surface area contributed by atoms with Crippen molar-refractivity contribution in [1.82, 2.24) is 4.98 Å². The Morgan fingerprint density at radius 2 is 2.00 bits per heavy atom. The first-order chi connectivity index (χ1) is 6.43. The first-order valence-corrected chi connectivity index (χ1v) is 3.65. The molecule has 1 heterocycles. The molecule has 0 amide bonds. The minimum atomic E-state index is -3.31. The fourth-order valence-electron chi connectivity index (χ4n) is 0.804. The number of aromatic nitrogens is 1. The van der Waals surface area contributed by atoms with Gasteiger partial charge in [0.1, 0.15) is 5.69 Å². The summed E-state index contributed by atoms with van der Waals surface area (Å²) in [5, 5.41) is -1.36. The van der Waals surface area contributed by atoms with Crippen LogP contribution >= 0.6 is 11.6 Å². The Hall–Kier alpha value is -1.17. The minimum Gasteiger partial charge on any atom is -0.275 e. The van der Waals surface area contributed by atoms with E-state index in [-0.39, 0.29) is 0 Å². The van der Waals surface area contributed by atoms with E-state index in [0.717, 1.165) is 0 Å². The van der Waals surface area contributed by atoms with Gasteiger partial charge in [-0.25, -0.2) is 18.2 Å². The Kier molecular flexibility index (Phi) is 3.05. The average Bonchev–Trinajstić information content (AvgIpc) is 2.07. The van der Waals surface area contributed by atoms with Crippen LogP contribution in [0.15, 0.2) is 6.07 Å². The average molecular weight is 228 g/mol. The zero-order valence-corrected chi connectivity index (χ0v) is 7.16. The molecule has 2 nitrogen and oxygen atoms in total. The predicted octanol–water partition coefficient (Wildman–Crippen LogP) is 2.68. The van der Waals surface area contributed by atoms with Gasteiger partial charge in [-0.3, -0.25) is 4.79 Å². The second-order valence-electron chi connectivity index (χ2n) is 2.27. The van der Waals surface area contributed by atoms with Crippen molar-refractivity contribution in [2.75, 3.05) is 0 Å². The van der Waals surface area contributed by atoms with Crippen LogP contribution in [0.2, 0.25) is 0 Å². The maximum absolute atomic E-state index is 12.9. The van der Waals surface area contributed by atoms with Crippen LogP contribution in [0.3, 0.4) is 0 Å². The van der Waals surface area contributed by atoms with E-state index in [1.54, 1.807) is 0 Å². The quantitative estimate of drug-likeness (QED) is 0.442. The van der Waals surface area contributed by atoms with Gasteiger partial charge in [-0.15, -0.1) is 0 Å². The van der Waals surface area contributed by atoms with Gasteiger partial charge in [0.2, 0.25) is 5.95 Å². The van der Waals surface area contributed by atoms with E-state index >= 15 is 0 Å². The molecule has 0 aliphatic rings. The van der Waals surface area contributed by atoms with E-state index in [2.05, 4.69) is 4.98 Å². The Morgan fingerprint density at radius 3 is 2.43 bits per heavy atom. The number of nitrogens with zero attached hydrogens (tertiary/aromatic N) is 1. The van der Waals surface area contributed by atoms with Crippen molar-refractivity contribution < 1.29 is 22.4 Å². The number of alkyl halides is 2. The molecule has 0 radical (unpaired) electrons. The van der Waals surface area contributed by atoms with E-state index in [1.807, 2.05) is 0 Å². The molecule has 14 heavy (non-hydrogen) atoms. The molecule has 0 bridgehead atoms. The van der Waals surface area contributed by atoms with E-state index in [0.29, 0.717) is 6.07 Å². The summed E-state index contributed by atoms with van der Waals surface area (Å²) < 4.78 is 49.5. The first kappa shape index (κ1) is 10.9. The molecule has 0 atom stereocenters. The van der Waals surface area contributed by atoms with Crippen molar-refractivity contribution in [1.29, 1.82) is 0 Å². The predicted molar refractivity (Wildman–Crippen MR) is 39.3 cm³/mol. The highest BCUT2D eigenvalue weighted by atomic mass is 35.5. The van der Waals surface area contributed by atoms with E-state index in [1.165, 1.54) is 0 Å². The lowest BCUT2D eigenvalue weighted by Gasteiger charge is -2.03. The number of hydrogen-bond acceptors (Lipinski definition) is 2. The van der Waals surface area contributed by atoms with Crippen LogP contribution in [-0.2, 0) is 0 Å². The van der Waals surface area contributed by atoms with Gasteiger partial charge in [-0.05, 0) is 11.6 Å². The maximum Gasteiger partial charge on any atom is 0.283 e. The molecule has 0 aromatic carbocycles. The third-order valence-corrected chi connectivity index (χ3v) is 1.57. The summed E-state index contributed by atoms with van der Waals surface area (Å²) in [5.74, 6) is -2.98. The molecule has 0 spiro atoms. The lowest BCUT2D eigenvalue weighted by molar-refractivity contribution is 0.107. The summed E-state index contributed by atoms with van der Waals surface area (Å²) in [6.07, 6.45) is -3.31. The van der Waals surface area contributed by atoms with Crippen LogP contribution < -0.4 is 0 Å². The number of carbonyl (C=O) groups is 1. The lowest BCUT2D eigenvalue weighted by Crippen LogP contribution is -2.05. The van der Waals surface area contributed by atoms with Gasteiger partial charge in [0.25, 0.3) is 11.7 Å². The smallest absolute Gasteiger partial charge is 0.275 e. The monoisotopic (exact) mass is 227 g/mol. The van der Waals surface area contributed by atoms with E-state index in [9.17, 15) is 22.4 Å². The van der Waals surface area contributed by atoms with Crippen molar-refractivity contribution in [2.45, 2.75) is 6.43 Å². The first-order valence-electron chi connectivity index (χ1n) is 3.27. The van der Waals surface area contributed by atoms with Gasteiger partial charge < -0.3 is 0 Å². The Balaban J connectivity index is 3.40. The Morgan fingerprint density at radius 1 is 1.43 bits per heavy atom. The highest BCUT2D eigenvalue weighted by Crippen LogP contribution is 2.23. The number of carbonyl (C=O) groups excluding carboxylic acids is 1. The van der Waals surface area contributed by atoms with Crippen molar-refractivity contribution in [3.8, 4) is 0 Å². The molecule has 0 N–H and O–H groups in total. The molecule has 1 rings (SSSR count). The standard InChI is InChI=1S/C7H2ClF4NO/c8-6(14)2-1-3(9)13-5(4(2)10)7(11)12/h1,7H. The van der Waals surface area contributed by atoms with Crippen molar-refractivity contribution in [2.24, 2.45) is 0 Å². The fourth-order valence-corrected chi connectivity index (χ4v) is 0.942. The summed E-state index contributed by atoms with van der Waals surface area (Å²) >= 11 is 4.84. The van der Waals surface area contributed by atoms with E-state index < -0.39 is 34.7 Å². The van der Waals surface area contributed by atoms with Gasteiger partial charge in [-0.1, -0.05) is 0 Å². The van der Waals surface area contributed by atoms with Gasteiger partial charge >= 0.3 is 0 Å². The molecule has 0 unspecified atom stereocenters. The second kappa shape index (κ2) is 3.91. The fraction of sp³-hybridized carbons (Fsp3) is 0.143. The Bertz CT molecular complexity index is 382. The van der Waals surface area contributed by atoms with Crippen LogP contribution in [0.1, 0.15) is 22.5 Å². The van der Waals surface area contributed by atoms with Gasteiger partial charge in [0, 0.05) is 6.07 Å². The summed E-state index contributed by atoms with van der Waals surface area (Å²) in [5.41, 5.74) is -2.37. The van der Waals surface area contributed by atoms with Crippen LogP contribution in [0.25, 0.3) is 0 Å². The summed E-state index contributed by atoms with van der Waals surface area (Å²) in [4.78, 5) is 13.1. The maximum atomic E-state index is 12.9. The highest BCUT2D eigenvalue weighted by Gasteiger charge is 2.22. The number of halogens is 5. The SMILES string of the molecule is O=C(Cl)c1cc(F)nc(C(F)F)c1F. The molecule has 0 aliphatic heterocycles.